The molecule has 1 N–H and O–H groups in total. The summed E-state index contributed by atoms with van der Waals surface area (Å²) < 4.78 is 9.62. The standard InChI is InChI=1S/C13H15N3O4S/c1-3-9(17)14-11-6-8(7-21-11)13-15-10(20-16-13)4-5-12(18)19-2/h6-7H,3-5H2,1-2H3,(H,14,17). The molecule has 0 aromatic carbocycles. The number of ether oxygens (including phenoxy) is 1. The molecule has 2 aromatic rings. The Kier molecular flexibility index (Phi) is 5.04. The lowest BCUT2D eigenvalue weighted by Gasteiger charge is -1.96. The third-order valence-electron chi connectivity index (χ3n) is 2.68. The largest absolute Gasteiger partial charge is 0.469 e. The third kappa shape index (κ3) is 4.12. The van der Waals surface area contributed by atoms with Gasteiger partial charge in [-0.25, -0.2) is 0 Å². The van der Waals surface area contributed by atoms with Crippen LogP contribution in [0.15, 0.2) is 16.0 Å². The van der Waals surface area contributed by atoms with E-state index in [-0.39, 0.29) is 18.3 Å². The van der Waals surface area contributed by atoms with Gasteiger partial charge in [-0.15, -0.1) is 11.3 Å². The van der Waals surface area contributed by atoms with Crippen molar-refractivity contribution in [3.05, 3.63) is 17.3 Å². The number of anilines is 1. The molecular weight excluding hydrogens is 294 g/mol. The van der Waals surface area contributed by atoms with Crippen LogP contribution in [0.25, 0.3) is 11.4 Å². The Morgan fingerprint density at radius 1 is 1.48 bits per heavy atom. The Morgan fingerprint density at radius 3 is 3.00 bits per heavy atom. The minimum Gasteiger partial charge on any atom is -0.469 e. The van der Waals surface area contributed by atoms with Gasteiger partial charge in [0.2, 0.25) is 17.6 Å². The lowest BCUT2D eigenvalue weighted by molar-refractivity contribution is -0.140. The lowest BCUT2D eigenvalue weighted by Crippen LogP contribution is -2.07. The topological polar surface area (TPSA) is 94.3 Å². The molecule has 0 aliphatic carbocycles. The van der Waals surface area contributed by atoms with Gasteiger partial charge < -0.3 is 14.6 Å². The van der Waals surface area contributed by atoms with Crippen LogP contribution in [0.1, 0.15) is 25.7 Å². The molecule has 0 fully saturated rings. The lowest BCUT2D eigenvalue weighted by atomic mass is 10.3. The van der Waals surface area contributed by atoms with Crippen LogP contribution in [0.4, 0.5) is 5.00 Å². The van der Waals surface area contributed by atoms with Crippen molar-refractivity contribution in [2.75, 3.05) is 12.4 Å². The molecule has 8 heteroatoms. The van der Waals surface area contributed by atoms with Crippen molar-refractivity contribution in [3.8, 4) is 11.4 Å². The van der Waals surface area contributed by atoms with E-state index in [9.17, 15) is 9.59 Å². The Balaban J connectivity index is 2.01. The van der Waals surface area contributed by atoms with Crippen molar-refractivity contribution in [3.63, 3.8) is 0 Å². The predicted octanol–water partition coefficient (Wildman–Crippen LogP) is 2.25. The molecular formula is C13H15N3O4S. The minimum atomic E-state index is -0.324. The molecule has 0 aliphatic rings. The van der Waals surface area contributed by atoms with Crippen LogP contribution >= 0.6 is 11.3 Å². The van der Waals surface area contributed by atoms with Crippen LogP contribution in [0.5, 0.6) is 0 Å². The maximum absolute atomic E-state index is 11.3. The molecule has 0 radical (unpaired) electrons. The molecule has 2 aromatic heterocycles. The van der Waals surface area contributed by atoms with Crippen LogP contribution in [0.2, 0.25) is 0 Å². The predicted molar refractivity (Wildman–Crippen MR) is 76.9 cm³/mol. The van der Waals surface area contributed by atoms with Crippen molar-refractivity contribution in [1.29, 1.82) is 0 Å². The number of carbonyl (C=O) groups is 2. The second kappa shape index (κ2) is 6.98. The number of methoxy groups -OCH3 is 1. The Morgan fingerprint density at radius 2 is 2.29 bits per heavy atom. The zero-order chi connectivity index (χ0) is 15.2. The highest BCUT2D eigenvalue weighted by Crippen LogP contribution is 2.27. The maximum Gasteiger partial charge on any atom is 0.306 e. The summed E-state index contributed by atoms with van der Waals surface area (Å²) in [5.41, 5.74) is 0.763. The van der Waals surface area contributed by atoms with Gasteiger partial charge in [-0.3, -0.25) is 9.59 Å². The molecule has 0 spiro atoms. The van der Waals surface area contributed by atoms with E-state index in [4.69, 9.17) is 4.52 Å². The van der Waals surface area contributed by atoms with E-state index in [0.717, 1.165) is 10.6 Å². The first-order valence-corrected chi connectivity index (χ1v) is 7.28. The quantitative estimate of drug-likeness (QED) is 0.822. The number of amides is 1. The molecule has 1 amide bonds. The number of thiophene rings is 1. The summed E-state index contributed by atoms with van der Waals surface area (Å²) in [6.07, 6.45) is 0.954. The summed E-state index contributed by atoms with van der Waals surface area (Å²) in [4.78, 5) is 26.6. The van der Waals surface area contributed by atoms with Crippen molar-refractivity contribution in [2.45, 2.75) is 26.2 Å². The fourth-order valence-corrected chi connectivity index (χ4v) is 2.32. The van der Waals surface area contributed by atoms with Gasteiger partial charge in [0.1, 0.15) is 0 Å². The highest BCUT2D eigenvalue weighted by Gasteiger charge is 2.12. The number of carbonyl (C=O) groups excluding carboxylic acids is 2. The van der Waals surface area contributed by atoms with E-state index >= 15 is 0 Å². The second-order valence-corrected chi connectivity index (χ2v) is 5.10. The zero-order valence-electron chi connectivity index (χ0n) is 11.7. The number of nitrogens with one attached hydrogen (secondary N) is 1. The highest BCUT2D eigenvalue weighted by molar-refractivity contribution is 7.14. The summed E-state index contributed by atoms with van der Waals surface area (Å²) in [5, 5.41) is 9.19. The molecule has 2 rings (SSSR count). The van der Waals surface area contributed by atoms with Crippen LogP contribution in [-0.2, 0) is 20.7 Å². The second-order valence-electron chi connectivity index (χ2n) is 4.19. The minimum absolute atomic E-state index is 0.0460. The first-order valence-electron chi connectivity index (χ1n) is 6.40. The van der Waals surface area contributed by atoms with Crippen LogP contribution in [0, 0.1) is 0 Å². The molecule has 21 heavy (non-hydrogen) atoms. The molecule has 0 bridgehead atoms. The van der Waals surface area contributed by atoms with Gasteiger partial charge in [0.25, 0.3) is 0 Å². The fraction of sp³-hybridized carbons (Fsp3) is 0.385. The van der Waals surface area contributed by atoms with Gasteiger partial charge in [0.05, 0.1) is 18.5 Å². The van der Waals surface area contributed by atoms with Crippen molar-refractivity contribution in [1.82, 2.24) is 10.1 Å². The molecule has 0 atom stereocenters. The van der Waals surface area contributed by atoms with Gasteiger partial charge in [0.15, 0.2) is 0 Å². The van der Waals surface area contributed by atoms with Crippen LogP contribution in [-0.4, -0.2) is 29.1 Å². The molecule has 0 unspecified atom stereocenters. The SMILES string of the molecule is CCC(=O)Nc1cc(-c2noc(CCC(=O)OC)n2)cs1. The first-order chi connectivity index (χ1) is 10.1. The van der Waals surface area contributed by atoms with E-state index in [2.05, 4.69) is 20.2 Å². The summed E-state index contributed by atoms with van der Waals surface area (Å²) in [5.74, 6) is 0.439. The summed E-state index contributed by atoms with van der Waals surface area (Å²) in [6.45, 7) is 1.79. The number of aromatic nitrogens is 2. The van der Waals surface area contributed by atoms with Crippen LogP contribution < -0.4 is 5.32 Å². The number of rotatable bonds is 6. The van der Waals surface area contributed by atoms with E-state index in [1.165, 1.54) is 18.4 Å². The molecule has 2 heterocycles. The zero-order valence-corrected chi connectivity index (χ0v) is 12.5. The summed E-state index contributed by atoms with van der Waals surface area (Å²) in [6, 6.07) is 1.78. The van der Waals surface area contributed by atoms with E-state index in [0.29, 0.717) is 24.6 Å². The Hall–Kier alpha value is -2.22. The van der Waals surface area contributed by atoms with E-state index in [1.807, 2.05) is 5.38 Å². The average molecular weight is 309 g/mol. The number of esters is 1. The smallest absolute Gasteiger partial charge is 0.306 e. The number of nitrogens with zero attached hydrogens (tertiary/aromatic N) is 2. The van der Waals surface area contributed by atoms with Crippen molar-refractivity contribution in [2.24, 2.45) is 0 Å². The van der Waals surface area contributed by atoms with Crippen molar-refractivity contribution < 1.29 is 18.8 Å². The third-order valence-corrected chi connectivity index (χ3v) is 3.53. The summed E-state index contributed by atoms with van der Waals surface area (Å²) in [7, 11) is 1.33. The van der Waals surface area contributed by atoms with E-state index < -0.39 is 0 Å². The number of hydrogen-bond donors (Lipinski definition) is 1. The summed E-state index contributed by atoms with van der Waals surface area (Å²) >= 11 is 1.39. The number of aryl methyl sites for hydroxylation is 1. The van der Waals surface area contributed by atoms with Gasteiger partial charge in [-0.1, -0.05) is 12.1 Å². The van der Waals surface area contributed by atoms with Crippen LogP contribution in [0.3, 0.4) is 0 Å². The molecule has 0 saturated carbocycles. The van der Waals surface area contributed by atoms with Crippen molar-refractivity contribution >= 4 is 28.2 Å². The van der Waals surface area contributed by atoms with Gasteiger partial charge >= 0.3 is 5.97 Å². The Labute approximate surface area is 125 Å². The monoisotopic (exact) mass is 309 g/mol. The maximum atomic E-state index is 11.3. The van der Waals surface area contributed by atoms with Gasteiger partial charge in [0, 0.05) is 23.8 Å². The molecule has 7 nitrogen and oxygen atoms in total. The molecule has 0 aliphatic heterocycles. The number of hydrogen-bond acceptors (Lipinski definition) is 7. The first kappa shape index (κ1) is 15.2. The van der Waals surface area contributed by atoms with E-state index in [1.54, 1.807) is 13.0 Å². The Bertz CT molecular complexity index is 635. The normalized spacial score (nSPS) is 10.4. The highest BCUT2D eigenvalue weighted by atomic mass is 32.1. The van der Waals surface area contributed by atoms with Gasteiger partial charge in [-0.05, 0) is 6.07 Å². The fourth-order valence-electron chi connectivity index (χ4n) is 1.53. The van der Waals surface area contributed by atoms with Gasteiger partial charge in [-0.2, -0.15) is 4.98 Å². The molecule has 112 valence electrons. The average Bonchev–Trinajstić information content (AvgIpc) is 3.13. The molecule has 0 saturated heterocycles.